The van der Waals surface area contributed by atoms with E-state index >= 15 is 0 Å². The Morgan fingerprint density at radius 2 is 1.60 bits per heavy atom. The van der Waals surface area contributed by atoms with Crippen LogP contribution in [0.4, 0.5) is 4.79 Å². The molecule has 1 aliphatic rings. The molecule has 0 aliphatic carbocycles. The van der Waals surface area contributed by atoms with E-state index in [-0.39, 0.29) is 5.91 Å². The number of nitrogens with zero attached hydrogens (tertiary/aromatic N) is 3. The summed E-state index contributed by atoms with van der Waals surface area (Å²) in [5.41, 5.74) is 0. The van der Waals surface area contributed by atoms with Crippen molar-refractivity contribution in [1.82, 2.24) is 14.7 Å². The molecule has 0 saturated carbocycles. The molecule has 2 amide bonds. The molecule has 0 aromatic carbocycles. The summed E-state index contributed by atoms with van der Waals surface area (Å²) in [6.45, 7) is 2.20. The molecule has 0 aromatic rings. The van der Waals surface area contributed by atoms with Crippen molar-refractivity contribution >= 4 is 12.0 Å². The molecule has 1 saturated heterocycles. The molecule has 1 fully saturated rings. The molecule has 0 spiro atoms. The molecule has 0 radical (unpaired) electrons. The van der Waals surface area contributed by atoms with Gasteiger partial charge in [-0.25, -0.2) is 4.79 Å². The topological polar surface area (TPSA) is 64.1 Å². The smallest absolute Gasteiger partial charge is 0.407 e. The van der Waals surface area contributed by atoms with Crippen LogP contribution in [0, 0.1) is 0 Å². The fourth-order valence-corrected chi connectivity index (χ4v) is 1.52. The zero-order valence-corrected chi connectivity index (χ0v) is 9.14. The van der Waals surface area contributed by atoms with E-state index in [0.29, 0.717) is 32.7 Å². The first-order valence-electron chi connectivity index (χ1n) is 4.91. The van der Waals surface area contributed by atoms with Gasteiger partial charge in [0.05, 0.1) is 6.54 Å². The number of hydrogen-bond donors (Lipinski definition) is 1. The Hall–Kier alpha value is -1.30. The van der Waals surface area contributed by atoms with Crippen molar-refractivity contribution in [2.24, 2.45) is 0 Å². The largest absolute Gasteiger partial charge is 0.465 e. The summed E-state index contributed by atoms with van der Waals surface area (Å²) in [4.78, 5) is 27.1. The van der Waals surface area contributed by atoms with Crippen LogP contribution >= 0.6 is 0 Å². The predicted molar refractivity (Wildman–Crippen MR) is 54.7 cm³/mol. The average Bonchev–Trinajstić information content (AvgIpc) is 2.17. The molecular formula is C9H17N3O3. The maximum absolute atomic E-state index is 11.6. The minimum Gasteiger partial charge on any atom is -0.465 e. The van der Waals surface area contributed by atoms with E-state index in [4.69, 9.17) is 5.11 Å². The molecule has 0 atom stereocenters. The number of piperazine rings is 1. The number of rotatable bonds is 2. The van der Waals surface area contributed by atoms with Crippen molar-refractivity contribution in [2.45, 2.75) is 0 Å². The summed E-state index contributed by atoms with van der Waals surface area (Å²) in [5.74, 6) is 0.0602. The summed E-state index contributed by atoms with van der Waals surface area (Å²) in [6.07, 6.45) is -0.908. The van der Waals surface area contributed by atoms with Gasteiger partial charge in [0.15, 0.2) is 0 Å². The lowest BCUT2D eigenvalue weighted by molar-refractivity contribution is -0.133. The standard InChI is InChI=1S/C9H17N3O3/c1-10(2)7-8(13)11-3-5-12(6-4-11)9(14)15/h3-7H2,1-2H3,(H,14,15). The molecule has 86 valence electrons. The lowest BCUT2D eigenvalue weighted by atomic mass is 10.3. The third-order valence-corrected chi connectivity index (χ3v) is 2.35. The van der Waals surface area contributed by atoms with Crippen LogP contribution in [-0.4, -0.2) is 78.6 Å². The number of likely N-dealkylation sites (N-methyl/N-ethyl adjacent to an activating group) is 1. The zero-order chi connectivity index (χ0) is 11.4. The molecule has 1 heterocycles. The predicted octanol–water partition coefficient (Wildman–Crippen LogP) is -0.630. The van der Waals surface area contributed by atoms with Crippen LogP contribution in [0.5, 0.6) is 0 Å². The van der Waals surface area contributed by atoms with Crippen molar-refractivity contribution in [1.29, 1.82) is 0 Å². The van der Waals surface area contributed by atoms with E-state index in [1.165, 1.54) is 4.90 Å². The Kier molecular flexibility index (Phi) is 3.90. The van der Waals surface area contributed by atoms with Gasteiger partial charge in [0.1, 0.15) is 0 Å². The lowest BCUT2D eigenvalue weighted by Gasteiger charge is -2.33. The van der Waals surface area contributed by atoms with Gasteiger partial charge >= 0.3 is 6.09 Å². The number of carbonyl (C=O) groups excluding carboxylic acids is 1. The highest BCUT2D eigenvalue weighted by molar-refractivity contribution is 5.78. The van der Waals surface area contributed by atoms with Crippen molar-refractivity contribution < 1.29 is 14.7 Å². The van der Waals surface area contributed by atoms with E-state index in [9.17, 15) is 9.59 Å². The van der Waals surface area contributed by atoms with Crippen LogP contribution in [0.1, 0.15) is 0 Å². The maximum atomic E-state index is 11.6. The first-order valence-corrected chi connectivity index (χ1v) is 4.91. The van der Waals surface area contributed by atoms with Crippen molar-refractivity contribution in [3.05, 3.63) is 0 Å². The minimum atomic E-state index is -0.908. The second-order valence-electron chi connectivity index (χ2n) is 3.89. The van der Waals surface area contributed by atoms with Crippen molar-refractivity contribution in [3.63, 3.8) is 0 Å². The summed E-state index contributed by atoms with van der Waals surface area (Å²) >= 11 is 0. The summed E-state index contributed by atoms with van der Waals surface area (Å²) in [7, 11) is 3.68. The van der Waals surface area contributed by atoms with Gasteiger partial charge in [0.2, 0.25) is 5.91 Å². The molecule has 1 rings (SSSR count). The average molecular weight is 215 g/mol. The van der Waals surface area contributed by atoms with E-state index < -0.39 is 6.09 Å². The van der Waals surface area contributed by atoms with Crippen LogP contribution in [0.15, 0.2) is 0 Å². The number of carboxylic acid groups (broad SMARTS) is 1. The fraction of sp³-hybridized carbons (Fsp3) is 0.778. The molecular weight excluding hydrogens is 198 g/mol. The summed E-state index contributed by atoms with van der Waals surface area (Å²) < 4.78 is 0. The van der Waals surface area contributed by atoms with Gasteiger partial charge in [-0.1, -0.05) is 0 Å². The van der Waals surface area contributed by atoms with Crippen LogP contribution in [-0.2, 0) is 4.79 Å². The summed E-state index contributed by atoms with van der Waals surface area (Å²) in [6, 6.07) is 0. The molecule has 6 nitrogen and oxygen atoms in total. The van der Waals surface area contributed by atoms with Gasteiger partial charge in [0.25, 0.3) is 0 Å². The zero-order valence-electron chi connectivity index (χ0n) is 9.14. The monoisotopic (exact) mass is 215 g/mol. The highest BCUT2D eigenvalue weighted by Gasteiger charge is 2.23. The first-order chi connectivity index (χ1) is 7.00. The van der Waals surface area contributed by atoms with Crippen LogP contribution in [0.25, 0.3) is 0 Å². The van der Waals surface area contributed by atoms with Gasteiger partial charge in [0, 0.05) is 26.2 Å². The number of carbonyl (C=O) groups is 2. The normalized spacial score (nSPS) is 17.0. The molecule has 0 bridgehead atoms. The Balaban J connectivity index is 2.37. The fourth-order valence-electron chi connectivity index (χ4n) is 1.52. The molecule has 15 heavy (non-hydrogen) atoms. The van der Waals surface area contributed by atoms with Crippen LogP contribution in [0.3, 0.4) is 0 Å². The third-order valence-electron chi connectivity index (χ3n) is 2.35. The second kappa shape index (κ2) is 4.97. The lowest BCUT2D eigenvalue weighted by Crippen LogP contribution is -2.51. The Morgan fingerprint density at radius 3 is 2.00 bits per heavy atom. The third kappa shape index (κ3) is 3.39. The van der Waals surface area contributed by atoms with E-state index in [1.54, 1.807) is 4.90 Å². The highest BCUT2D eigenvalue weighted by Crippen LogP contribution is 2.02. The molecule has 0 unspecified atom stereocenters. The van der Waals surface area contributed by atoms with Gasteiger partial charge in [-0.2, -0.15) is 0 Å². The van der Waals surface area contributed by atoms with Gasteiger partial charge < -0.3 is 19.8 Å². The minimum absolute atomic E-state index is 0.0602. The van der Waals surface area contributed by atoms with Crippen LogP contribution < -0.4 is 0 Å². The van der Waals surface area contributed by atoms with E-state index in [0.717, 1.165) is 0 Å². The van der Waals surface area contributed by atoms with Crippen LogP contribution in [0.2, 0.25) is 0 Å². The van der Waals surface area contributed by atoms with Crippen molar-refractivity contribution in [3.8, 4) is 0 Å². The SMILES string of the molecule is CN(C)CC(=O)N1CCN(C(=O)O)CC1. The Morgan fingerprint density at radius 1 is 1.13 bits per heavy atom. The first kappa shape index (κ1) is 11.8. The number of hydrogen-bond acceptors (Lipinski definition) is 3. The van der Waals surface area contributed by atoms with Gasteiger partial charge in [-0.3, -0.25) is 4.79 Å². The second-order valence-corrected chi connectivity index (χ2v) is 3.89. The van der Waals surface area contributed by atoms with Crippen molar-refractivity contribution in [2.75, 3.05) is 46.8 Å². The Bertz CT molecular complexity index is 247. The molecule has 6 heteroatoms. The maximum Gasteiger partial charge on any atom is 0.407 e. The van der Waals surface area contributed by atoms with E-state index in [2.05, 4.69) is 0 Å². The number of amides is 2. The summed E-state index contributed by atoms with van der Waals surface area (Å²) in [5, 5.41) is 8.72. The van der Waals surface area contributed by atoms with Gasteiger partial charge in [-0.05, 0) is 14.1 Å². The molecule has 0 aromatic heterocycles. The quantitative estimate of drug-likeness (QED) is 0.666. The van der Waals surface area contributed by atoms with Gasteiger partial charge in [-0.15, -0.1) is 0 Å². The molecule has 1 N–H and O–H groups in total. The highest BCUT2D eigenvalue weighted by atomic mass is 16.4. The Labute approximate surface area is 89.0 Å². The molecule has 1 aliphatic heterocycles. The van der Waals surface area contributed by atoms with E-state index in [1.807, 2.05) is 19.0 Å².